The summed E-state index contributed by atoms with van der Waals surface area (Å²) in [5.74, 6) is -0.322. The molecule has 0 saturated carbocycles. The molecule has 0 unspecified atom stereocenters. The van der Waals surface area contributed by atoms with Gasteiger partial charge in [-0.1, -0.05) is 17.4 Å². The highest BCUT2D eigenvalue weighted by atomic mass is 32.1. The second kappa shape index (κ2) is 5.65. The zero-order chi connectivity index (χ0) is 15.7. The smallest absolute Gasteiger partial charge is 0.257 e. The molecule has 0 spiro atoms. The summed E-state index contributed by atoms with van der Waals surface area (Å²) in [6, 6.07) is 9.18. The summed E-state index contributed by atoms with van der Waals surface area (Å²) in [7, 11) is 0. The fraction of sp³-hybridized carbons (Fsp3) is 0.125. The molecular weight excluding hydrogens is 298 g/mol. The van der Waals surface area contributed by atoms with Crippen LogP contribution in [0.3, 0.4) is 0 Å². The van der Waals surface area contributed by atoms with Gasteiger partial charge in [0.1, 0.15) is 0 Å². The number of aryl methyl sites for hydroxylation is 1. The average molecular weight is 311 g/mol. The molecule has 5 nitrogen and oxygen atoms in total. The number of nitrogens with one attached hydrogen (secondary N) is 1. The van der Waals surface area contributed by atoms with Crippen LogP contribution in [0.4, 0.5) is 5.13 Å². The Balaban J connectivity index is 1.85. The Kier molecular flexibility index (Phi) is 3.68. The number of thiazole rings is 1. The van der Waals surface area contributed by atoms with Crippen LogP contribution in [-0.4, -0.2) is 21.7 Å². The largest absolute Gasteiger partial charge is 0.298 e. The molecule has 0 saturated heterocycles. The van der Waals surface area contributed by atoms with Gasteiger partial charge in [-0.25, -0.2) is 4.98 Å². The summed E-state index contributed by atoms with van der Waals surface area (Å²) in [6.45, 7) is 3.40. The number of rotatable bonds is 3. The fourth-order valence-electron chi connectivity index (χ4n) is 2.03. The minimum atomic E-state index is -0.257. The lowest BCUT2D eigenvalue weighted by Crippen LogP contribution is -2.11. The van der Waals surface area contributed by atoms with Gasteiger partial charge in [0.15, 0.2) is 10.9 Å². The molecule has 3 rings (SSSR count). The Labute approximate surface area is 131 Å². The second-order valence-corrected chi connectivity index (χ2v) is 5.93. The van der Waals surface area contributed by atoms with Crippen LogP contribution in [0.5, 0.6) is 0 Å². The maximum Gasteiger partial charge on any atom is 0.257 e. The number of aromatic nitrogens is 2. The molecule has 110 valence electrons. The molecule has 2 aromatic heterocycles. The van der Waals surface area contributed by atoms with Crippen molar-refractivity contribution in [3.8, 4) is 0 Å². The SMILES string of the molecule is CC(=O)c1cnc(NC(=O)c2ccc3nc(C)ccc3c2)s1. The van der Waals surface area contributed by atoms with Gasteiger partial charge in [0.25, 0.3) is 5.91 Å². The minimum absolute atomic E-state index is 0.0647. The zero-order valence-electron chi connectivity index (χ0n) is 12.1. The quantitative estimate of drug-likeness (QED) is 0.752. The summed E-state index contributed by atoms with van der Waals surface area (Å²) >= 11 is 1.16. The van der Waals surface area contributed by atoms with Crippen LogP contribution in [0.15, 0.2) is 36.5 Å². The van der Waals surface area contributed by atoms with Gasteiger partial charge in [0.2, 0.25) is 0 Å². The zero-order valence-corrected chi connectivity index (χ0v) is 12.9. The number of carbonyl (C=O) groups excluding carboxylic acids is 2. The van der Waals surface area contributed by atoms with Gasteiger partial charge in [0, 0.05) is 23.6 Å². The number of hydrogen-bond donors (Lipinski definition) is 1. The molecule has 6 heteroatoms. The predicted molar refractivity (Wildman–Crippen MR) is 86.6 cm³/mol. The Hall–Kier alpha value is -2.60. The van der Waals surface area contributed by atoms with Crippen LogP contribution >= 0.6 is 11.3 Å². The van der Waals surface area contributed by atoms with Crippen molar-refractivity contribution in [1.29, 1.82) is 0 Å². The van der Waals surface area contributed by atoms with E-state index in [0.29, 0.717) is 15.6 Å². The van der Waals surface area contributed by atoms with Crippen molar-refractivity contribution in [3.63, 3.8) is 0 Å². The summed E-state index contributed by atoms with van der Waals surface area (Å²) in [4.78, 5) is 32.4. The van der Waals surface area contributed by atoms with Crippen LogP contribution in [0.2, 0.25) is 0 Å². The lowest BCUT2D eigenvalue weighted by atomic mass is 10.1. The molecule has 22 heavy (non-hydrogen) atoms. The molecule has 0 atom stereocenters. The predicted octanol–water partition coefficient (Wildman–Crippen LogP) is 3.45. The first-order valence-electron chi connectivity index (χ1n) is 6.68. The molecular formula is C16H13N3O2S. The molecule has 1 aromatic carbocycles. The van der Waals surface area contributed by atoms with Crippen LogP contribution in [0, 0.1) is 6.92 Å². The number of pyridine rings is 1. The monoisotopic (exact) mass is 311 g/mol. The van der Waals surface area contributed by atoms with Crippen molar-refractivity contribution in [3.05, 3.63) is 52.7 Å². The van der Waals surface area contributed by atoms with Gasteiger partial charge in [-0.3, -0.25) is 19.9 Å². The van der Waals surface area contributed by atoms with E-state index in [1.165, 1.54) is 13.1 Å². The maximum absolute atomic E-state index is 12.3. The maximum atomic E-state index is 12.3. The number of ketones is 1. The number of carbonyl (C=O) groups is 2. The van der Waals surface area contributed by atoms with Crippen molar-refractivity contribution in [1.82, 2.24) is 9.97 Å². The third-order valence-corrected chi connectivity index (χ3v) is 4.18. The normalized spacial score (nSPS) is 10.6. The number of fused-ring (bicyclic) bond motifs is 1. The Morgan fingerprint density at radius 1 is 1.18 bits per heavy atom. The molecule has 0 radical (unpaired) electrons. The van der Waals surface area contributed by atoms with Crippen LogP contribution in [-0.2, 0) is 0 Å². The van der Waals surface area contributed by atoms with Gasteiger partial charge in [-0.15, -0.1) is 0 Å². The van der Waals surface area contributed by atoms with Crippen molar-refractivity contribution in [2.75, 3.05) is 5.32 Å². The average Bonchev–Trinajstić information content (AvgIpc) is 2.95. The third-order valence-electron chi connectivity index (χ3n) is 3.16. The number of anilines is 1. The highest BCUT2D eigenvalue weighted by molar-refractivity contribution is 7.17. The second-order valence-electron chi connectivity index (χ2n) is 4.90. The van der Waals surface area contributed by atoms with E-state index >= 15 is 0 Å². The molecule has 0 aliphatic carbocycles. The molecule has 0 aliphatic heterocycles. The number of benzene rings is 1. The standard InChI is InChI=1S/C16H13N3O2S/c1-9-3-4-11-7-12(5-6-13(11)18-9)15(21)19-16-17-8-14(22-16)10(2)20/h3-8H,1-2H3,(H,17,19,21). The summed E-state index contributed by atoms with van der Waals surface area (Å²) in [5, 5.41) is 4.02. The van der Waals surface area contributed by atoms with E-state index in [-0.39, 0.29) is 11.7 Å². The van der Waals surface area contributed by atoms with E-state index < -0.39 is 0 Å². The van der Waals surface area contributed by atoms with Gasteiger partial charge in [0.05, 0.1) is 16.6 Å². The van der Waals surface area contributed by atoms with Gasteiger partial charge < -0.3 is 0 Å². The number of hydrogen-bond acceptors (Lipinski definition) is 5. The lowest BCUT2D eigenvalue weighted by Gasteiger charge is -2.04. The molecule has 0 bridgehead atoms. The van der Waals surface area contributed by atoms with Gasteiger partial charge in [-0.05, 0) is 31.2 Å². The van der Waals surface area contributed by atoms with Crippen LogP contribution < -0.4 is 5.32 Å². The fourth-order valence-corrected chi connectivity index (χ4v) is 2.74. The van der Waals surface area contributed by atoms with E-state index in [1.807, 2.05) is 25.1 Å². The summed E-state index contributed by atoms with van der Waals surface area (Å²) in [6.07, 6.45) is 1.47. The first-order chi connectivity index (χ1) is 10.5. The van der Waals surface area contributed by atoms with Crippen molar-refractivity contribution in [2.45, 2.75) is 13.8 Å². The Morgan fingerprint density at radius 2 is 2.00 bits per heavy atom. The van der Waals surface area contributed by atoms with E-state index in [9.17, 15) is 9.59 Å². The highest BCUT2D eigenvalue weighted by Crippen LogP contribution is 2.20. The Morgan fingerprint density at radius 3 is 2.73 bits per heavy atom. The topological polar surface area (TPSA) is 72.0 Å². The molecule has 3 aromatic rings. The lowest BCUT2D eigenvalue weighted by molar-refractivity contribution is 0.101. The highest BCUT2D eigenvalue weighted by Gasteiger charge is 2.11. The molecule has 1 N–H and O–H groups in total. The molecule has 2 heterocycles. The molecule has 1 amide bonds. The minimum Gasteiger partial charge on any atom is -0.298 e. The van der Waals surface area contributed by atoms with E-state index in [4.69, 9.17) is 0 Å². The first-order valence-corrected chi connectivity index (χ1v) is 7.50. The molecule has 0 aliphatic rings. The van der Waals surface area contributed by atoms with E-state index in [0.717, 1.165) is 27.9 Å². The van der Waals surface area contributed by atoms with E-state index in [2.05, 4.69) is 15.3 Å². The van der Waals surface area contributed by atoms with Crippen LogP contribution in [0.25, 0.3) is 10.9 Å². The summed E-state index contributed by atoms with van der Waals surface area (Å²) in [5.41, 5.74) is 2.31. The van der Waals surface area contributed by atoms with Crippen molar-refractivity contribution in [2.24, 2.45) is 0 Å². The number of Topliss-reactive ketones (excluding diaryl/α,β-unsaturated/α-hetero) is 1. The number of nitrogens with zero attached hydrogens (tertiary/aromatic N) is 2. The van der Waals surface area contributed by atoms with E-state index in [1.54, 1.807) is 12.1 Å². The van der Waals surface area contributed by atoms with Gasteiger partial charge in [-0.2, -0.15) is 0 Å². The van der Waals surface area contributed by atoms with Crippen molar-refractivity contribution < 1.29 is 9.59 Å². The molecule has 0 fully saturated rings. The van der Waals surface area contributed by atoms with Crippen molar-refractivity contribution >= 4 is 39.1 Å². The first kappa shape index (κ1) is 14.3. The summed E-state index contributed by atoms with van der Waals surface area (Å²) < 4.78 is 0. The third kappa shape index (κ3) is 2.87. The Bertz CT molecular complexity index is 886. The number of amides is 1. The van der Waals surface area contributed by atoms with Crippen LogP contribution in [0.1, 0.15) is 32.6 Å². The van der Waals surface area contributed by atoms with Gasteiger partial charge >= 0.3 is 0 Å².